The number of sulfonamides is 1. The number of carbonyl (C=O) groups is 2. The van der Waals surface area contributed by atoms with E-state index in [1.807, 2.05) is 0 Å². The van der Waals surface area contributed by atoms with Crippen LogP contribution in [0.5, 0.6) is 0 Å². The number of carbonyl (C=O) groups excluding carboxylic acids is 2. The quantitative estimate of drug-likeness (QED) is 0.538. The van der Waals surface area contributed by atoms with E-state index in [1.54, 1.807) is 6.07 Å². The highest BCUT2D eigenvalue weighted by Gasteiger charge is 2.59. The Labute approximate surface area is 202 Å². The van der Waals surface area contributed by atoms with E-state index in [9.17, 15) is 18.0 Å². The molecule has 5 aliphatic carbocycles. The van der Waals surface area contributed by atoms with E-state index in [0.717, 1.165) is 38.5 Å². The first kappa shape index (κ1) is 22.8. The summed E-state index contributed by atoms with van der Waals surface area (Å²) in [7, 11) is -3.94. The van der Waals surface area contributed by atoms with Crippen molar-refractivity contribution in [1.82, 2.24) is 4.72 Å². The highest BCUT2D eigenvalue weighted by molar-refractivity contribution is 9.10. The van der Waals surface area contributed by atoms with Crippen LogP contribution in [0.25, 0.3) is 0 Å². The summed E-state index contributed by atoms with van der Waals surface area (Å²) in [5, 5.41) is 0.117. The zero-order valence-corrected chi connectivity index (χ0v) is 20.9. The number of amides is 1. The Bertz CT molecular complexity index is 1070. The maximum Gasteiger partial charge on any atom is 0.242 e. The zero-order chi connectivity index (χ0) is 22.9. The Hall–Kier alpha value is -0.960. The van der Waals surface area contributed by atoms with Crippen LogP contribution >= 0.6 is 27.5 Å². The smallest absolute Gasteiger partial charge is 0.242 e. The lowest BCUT2D eigenvalue weighted by molar-refractivity contribution is -0.152. The monoisotopic (exact) mass is 542 g/mol. The molecule has 1 aromatic carbocycles. The molecule has 0 heterocycles. The summed E-state index contributed by atoms with van der Waals surface area (Å²) < 4.78 is 29.7. The molecular weight excluding hydrogens is 516 g/mol. The van der Waals surface area contributed by atoms with Crippen molar-refractivity contribution in [3.8, 4) is 0 Å². The highest BCUT2D eigenvalue weighted by Crippen LogP contribution is 2.63. The minimum absolute atomic E-state index is 0.0144. The van der Waals surface area contributed by atoms with E-state index in [1.165, 1.54) is 12.1 Å². The van der Waals surface area contributed by atoms with Gasteiger partial charge in [-0.3, -0.25) is 9.59 Å². The fourth-order valence-electron chi connectivity index (χ4n) is 7.15. The van der Waals surface area contributed by atoms with Crippen molar-refractivity contribution in [2.24, 2.45) is 34.8 Å². The molecule has 0 aliphatic heterocycles. The summed E-state index contributed by atoms with van der Waals surface area (Å²) in [6.07, 6.45) is 6.76. The molecule has 5 fully saturated rings. The molecule has 5 aliphatic rings. The van der Waals surface area contributed by atoms with Crippen LogP contribution in [0.2, 0.25) is 5.02 Å². The van der Waals surface area contributed by atoms with Gasteiger partial charge in [-0.05, 0) is 93.2 Å². The molecule has 3 N–H and O–H groups in total. The summed E-state index contributed by atoms with van der Waals surface area (Å²) in [4.78, 5) is 25.7. The van der Waals surface area contributed by atoms with Gasteiger partial charge in [0.1, 0.15) is 4.90 Å². The third-order valence-electron chi connectivity index (χ3n) is 8.67. The molecule has 0 aromatic heterocycles. The predicted molar refractivity (Wildman–Crippen MR) is 124 cm³/mol. The second-order valence-electron chi connectivity index (χ2n) is 10.5. The molecule has 174 valence electrons. The third-order valence-corrected chi connectivity index (χ3v) is 11.2. The van der Waals surface area contributed by atoms with Crippen molar-refractivity contribution in [3.63, 3.8) is 0 Å². The number of primary amides is 1. The molecule has 6 rings (SSSR count). The lowest BCUT2D eigenvalue weighted by Crippen LogP contribution is -2.61. The van der Waals surface area contributed by atoms with Gasteiger partial charge in [-0.25, -0.2) is 8.42 Å². The molecule has 5 saturated carbocycles. The fraction of sp³-hybridized carbons (Fsp3) is 0.652. The van der Waals surface area contributed by atoms with Crippen molar-refractivity contribution in [1.29, 1.82) is 0 Å². The summed E-state index contributed by atoms with van der Waals surface area (Å²) in [6.45, 7) is 0. The van der Waals surface area contributed by atoms with Crippen LogP contribution in [-0.4, -0.2) is 25.6 Å². The Balaban J connectivity index is 1.34. The molecule has 6 nitrogen and oxygen atoms in total. The van der Waals surface area contributed by atoms with Crippen LogP contribution in [0.1, 0.15) is 57.8 Å². The number of hydrogen-bond acceptors (Lipinski definition) is 4. The van der Waals surface area contributed by atoms with Crippen molar-refractivity contribution in [3.05, 3.63) is 27.7 Å². The van der Waals surface area contributed by atoms with E-state index in [4.69, 9.17) is 17.3 Å². The molecule has 2 atom stereocenters. The molecule has 2 unspecified atom stereocenters. The van der Waals surface area contributed by atoms with Crippen LogP contribution in [0.3, 0.4) is 0 Å². The Morgan fingerprint density at radius 1 is 1.16 bits per heavy atom. The number of nitrogens with one attached hydrogen (secondary N) is 1. The van der Waals surface area contributed by atoms with Crippen molar-refractivity contribution < 1.29 is 18.0 Å². The standard InChI is InChI=1S/C23H28BrClN2O4S/c24-16-2-3-19(18(25)8-16)32(30,31)27-23(4-1-5-23)20(28)9-17-14-6-13-7-15(17)12-22(10-13,11-14)21(26)29/h2-3,8,13-15,17,27H,1,4-7,9-12H2,(H2,26,29). The number of Topliss-reactive ketones (excluding diaryl/α,β-unsaturated/α-hetero) is 1. The van der Waals surface area contributed by atoms with E-state index in [2.05, 4.69) is 20.7 Å². The summed E-state index contributed by atoms with van der Waals surface area (Å²) in [6, 6.07) is 4.61. The normalized spacial score (nSPS) is 34.8. The van der Waals surface area contributed by atoms with Gasteiger partial charge < -0.3 is 5.73 Å². The second kappa shape index (κ2) is 7.79. The molecule has 0 spiro atoms. The minimum atomic E-state index is -3.94. The highest BCUT2D eigenvalue weighted by atomic mass is 79.9. The maximum atomic E-state index is 13.5. The second-order valence-corrected chi connectivity index (χ2v) is 13.5. The van der Waals surface area contributed by atoms with Gasteiger partial charge in [0, 0.05) is 16.3 Å². The number of nitrogens with two attached hydrogens (primary N) is 1. The lowest BCUT2D eigenvalue weighted by atomic mass is 9.45. The van der Waals surface area contributed by atoms with Crippen LogP contribution in [0.15, 0.2) is 27.6 Å². The average molecular weight is 544 g/mol. The van der Waals surface area contributed by atoms with E-state index in [-0.39, 0.29) is 32.9 Å². The average Bonchev–Trinajstić information content (AvgIpc) is 2.66. The fourth-order valence-corrected chi connectivity index (χ4v) is 9.63. The van der Waals surface area contributed by atoms with E-state index in [0.29, 0.717) is 41.5 Å². The largest absolute Gasteiger partial charge is 0.369 e. The van der Waals surface area contributed by atoms with Crippen molar-refractivity contribution >= 4 is 49.2 Å². The van der Waals surface area contributed by atoms with Gasteiger partial charge in [-0.2, -0.15) is 4.72 Å². The van der Waals surface area contributed by atoms with E-state index < -0.39 is 15.6 Å². The Kier molecular flexibility index (Phi) is 5.55. The van der Waals surface area contributed by atoms with Gasteiger partial charge >= 0.3 is 0 Å². The lowest BCUT2D eigenvalue weighted by Gasteiger charge is -2.59. The zero-order valence-electron chi connectivity index (χ0n) is 17.8. The summed E-state index contributed by atoms with van der Waals surface area (Å²) in [5.74, 6) is 1.19. The minimum Gasteiger partial charge on any atom is -0.369 e. The predicted octanol–water partition coefficient (Wildman–Crippen LogP) is 4.19. The molecule has 9 heteroatoms. The third kappa shape index (κ3) is 3.65. The van der Waals surface area contributed by atoms with Crippen LogP contribution < -0.4 is 10.5 Å². The Morgan fingerprint density at radius 3 is 2.34 bits per heavy atom. The van der Waals surface area contributed by atoms with Gasteiger partial charge in [-0.15, -0.1) is 0 Å². The van der Waals surface area contributed by atoms with Crippen LogP contribution in [0.4, 0.5) is 0 Å². The molecular formula is C23H28BrClN2O4S. The number of halogens is 2. The first-order chi connectivity index (χ1) is 15.0. The summed E-state index contributed by atoms with van der Waals surface area (Å²) in [5.41, 5.74) is 4.35. The topological polar surface area (TPSA) is 106 Å². The van der Waals surface area contributed by atoms with Crippen LogP contribution in [0, 0.1) is 29.1 Å². The number of ketones is 1. The molecule has 0 saturated heterocycles. The van der Waals surface area contributed by atoms with Gasteiger partial charge in [0.05, 0.1) is 10.6 Å². The number of hydrogen-bond donors (Lipinski definition) is 2. The van der Waals surface area contributed by atoms with Crippen molar-refractivity contribution in [2.45, 2.75) is 68.2 Å². The summed E-state index contributed by atoms with van der Waals surface area (Å²) >= 11 is 9.48. The van der Waals surface area contributed by atoms with Crippen molar-refractivity contribution in [2.75, 3.05) is 0 Å². The molecule has 4 bridgehead atoms. The molecule has 32 heavy (non-hydrogen) atoms. The first-order valence-corrected chi connectivity index (χ1v) is 14.0. The van der Waals surface area contributed by atoms with Gasteiger partial charge in [0.15, 0.2) is 5.78 Å². The van der Waals surface area contributed by atoms with Gasteiger partial charge in [0.2, 0.25) is 15.9 Å². The van der Waals surface area contributed by atoms with Crippen LogP contribution in [-0.2, 0) is 19.6 Å². The maximum absolute atomic E-state index is 13.5. The molecule has 1 amide bonds. The van der Waals surface area contributed by atoms with Gasteiger partial charge in [0.25, 0.3) is 0 Å². The van der Waals surface area contributed by atoms with Gasteiger partial charge in [-0.1, -0.05) is 27.5 Å². The number of rotatable bonds is 7. The number of benzene rings is 1. The van der Waals surface area contributed by atoms with E-state index >= 15 is 0 Å². The molecule has 0 radical (unpaired) electrons. The Morgan fingerprint density at radius 2 is 1.81 bits per heavy atom. The first-order valence-electron chi connectivity index (χ1n) is 11.4. The SMILES string of the molecule is NC(=O)C12CC3CC(C1)C(CC(=O)C1(NS(=O)(=O)c4ccc(Br)cc4Cl)CCC1)C(C3)C2. The molecule has 1 aromatic rings.